The van der Waals surface area contributed by atoms with Gasteiger partial charge in [0.2, 0.25) is 0 Å². The highest BCUT2D eigenvalue weighted by Gasteiger charge is 2.50. The van der Waals surface area contributed by atoms with E-state index in [2.05, 4.69) is 20.4 Å². The first-order valence-electron chi connectivity index (χ1n) is 13.0. The first-order chi connectivity index (χ1) is 18.1. The maximum atomic E-state index is 12.5. The van der Waals surface area contributed by atoms with E-state index in [1.165, 1.54) is 18.5 Å². The van der Waals surface area contributed by atoms with Crippen LogP contribution in [0.2, 0.25) is 0 Å². The molecule has 4 rings (SSSR count). The molecule has 2 aliphatic rings. The molecule has 0 spiro atoms. The summed E-state index contributed by atoms with van der Waals surface area (Å²) in [5.74, 6) is 1.11. The van der Waals surface area contributed by atoms with Crippen LogP contribution in [0.4, 0.5) is 5.82 Å². The van der Waals surface area contributed by atoms with Gasteiger partial charge in [0.25, 0.3) is 0 Å². The van der Waals surface area contributed by atoms with Crippen molar-refractivity contribution in [1.29, 1.82) is 0 Å². The Bertz CT molecular complexity index is 1130. The Hall–Kier alpha value is -1.74. The zero-order valence-electron chi connectivity index (χ0n) is 21.6. The molecule has 214 valence electrons. The number of aliphatic hydroxyl groups is 4. The van der Waals surface area contributed by atoms with Crippen LogP contribution in [0.15, 0.2) is 6.20 Å². The van der Waals surface area contributed by atoms with Crippen LogP contribution in [0.1, 0.15) is 58.0 Å². The molecule has 0 bridgehead atoms. The molecule has 0 radical (unpaired) electrons. The number of aliphatic hydroxyl groups excluding tert-OH is 4. The van der Waals surface area contributed by atoms with Gasteiger partial charge in [-0.1, -0.05) is 12.8 Å². The molecule has 1 aliphatic heterocycles. The van der Waals surface area contributed by atoms with Crippen LogP contribution in [0.5, 0.6) is 0 Å². The number of anilines is 1. The normalized spacial score (nSPS) is 27.6. The van der Waals surface area contributed by atoms with Gasteiger partial charge < -0.3 is 44.6 Å². The van der Waals surface area contributed by atoms with E-state index >= 15 is 0 Å². The first-order valence-corrected chi connectivity index (χ1v) is 14.6. The van der Waals surface area contributed by atoms with E-state index in [1.54, 1.807) is 6.20 Å². The number of fused-ring (bicyclic) bond motifs is 1. The van der Waals surface area contributed by atoms with Crippen molar-refractivity contribution in [1.82, 2.24) is 19.7 Å². The molecular formula is C23H38N5O9P. The van der Waals surface area contributed by atoms with Crippen molar-refractivity contribution in [2.75, 3.05) is 31.7 Å². The fourth-order valence-corrected chi connectivity index (χ4v) is 5.78. The number of aromatic nitrogens is 4. The molecule has 14 nitrogen and oxygen atoms in total. The lowest BCUT2D eigenvalue weighted by atomic mass is 10.1. The molecule has 6 atom stereocenters. The van der Waals surface area contributed by atoms with Crippen molar-refractivity contribution >= 4 is 24.4 Å². The minimum absolute atomic E-state index is 0.0127. The van der Waals surface area contributed by atoms with Gasteiger partial charge in [-0.25, -0.2) is 14.6 Å². The van der Waals surface area contributed by atoms with Gasteiger partial charge in [-0.2, -0.15) is 5.10 Å². The van der Waals surface area contributed by atoms with Gasteiger partial charge in [-0.05, 0) is 33.1 Å². The summed E-state index contributed by atoms with van der Waals surface area (Å²) >= 11 is 0. The smallest absolute Gasteiger partial charge is 0.361 e. The van der Waals surface area contributed by atoms with Crippen LogP contribution in [-0.2, 0) is 25.0 Å². The average molecular weight is 560 g/mol. The maximum Gasteiger partial charge on any atom is 0.361 e. The second kappa shape index (κ2) is 12.2. The first kappa shape index (κ1) is 29.2. The topological polar surface area (TPSA) is 202 Å². The standard InChI is InChI=1S/C23H38N5O9P/c1-3-36-38(33,34)23(2,13-30)35-12-16-18(31)19(32)22(37-16)28-21-15(11-24-28)20(25-14-7-4-5-8-14)26-17(27-21)9-6-10-29/h11,14,16,18-19,22,29-32H,3-10,12-13H2,1-2H3,(H,33,34)(H,25,26,27)/t16-,18-,19-,22-,23?/m1/s1. The monoisotopic (exact) mass is 559 g/mol. The zero-order valence-corrected chi connectivity index (χ0v) is 22.5. The molecule has 1 aliphatic carbocycles. The van der Waals surface area contributed by atoms with Gasteiger partial charge in [0, 0.05) is 19.1 Å². The van der Waals surface area contributed by atoms with Crippen LogP contribution in [0.3, 0.4) is 0 Å². The molecule has 3 heterocycles. The summed E-state index contributed by atoms with van der Waals surface area (Å²) in [5, 5.41) is 47.1. The second-order valence-corrected chi connectivity index (χ2v) is 12.1. The molecule has 0 aromatic carbocycles. The van der Waals surface area contributed by atoms with Gasteiger partial charge in [0.15, 0.2) is 17.2 Å². The minimum Gasteiger partial charge on any atom is -0.396 e. The van der Waals surface area contributed by atoms with Gasteiger partial charge in [-0.3, -0.25) is 4.57 Å². The van der Waals surface area contributed by atoms with Crippen molar-refractivity contribution in [3.05, 3.63) is 12.0 Å². The molecular weight excluding hydrogens is 521 g/mol. The number of aryl methyl sites for hydroxylation is 1. The van der Waals surface area contributed by atoms with Gasteiger partial charge in [0.05, 0.1) is 31.4 Å². The third kappa shape index (κ3) is 5.88. The van der Waals surface area contributed by atoms with E-state index in [0.29, 0.717) is 35.5 Å². The van der Waals surface area contributed by atoms with Gasteiger partial charge in [0.1, 0.15) is 30.0 Å². The summed E-state index contributed by atoms with van der Waals surface area (Å²) in [6, 6.07) is 0.277. The van der Waals surface area contributed by atoms with Crippen LogP contribution >= 0.6 is 7.60 Å². The summed E-state index contributed by atoms with van der Waals surface area (Å²) < 4.78 is 30.2. The number of nitrogens with one attached hydrogen (secondary N) is 1. The van der Waals surface area contributed by atoms with Crippen molar-refractivity contribution in [3.63, 3.8) is 0 Å². The number of ether oxygens (including phenoxy) is 2. The molecule has 1 saturated carbocycles. The van der Waals surface area contributed by atoms with E-state index in [0.717, 1.165) is 25.7 Å². The molecule has 2 aromatic heterocycles. The Morgan fingerprint density at radius 2 is 1.97 bits per heavy atom. The van der Waals surface area contributed by atoms with E-state index < -0.39 is 50.7 Å². The third-order valence-corrected chi connectivity index (χ3v) is 9.16. The molecule has 2 unspecified atom stereocenters. The predicted octanol–water partition coefficient (Wildman–Crippen LogP) is 0.672. The molecule has 2 aromatic rings. The van der Waals surface area contributed by atoms with Crippen molar-refractivity contribution in [3.8, 4) is 0 Å². The Morgan fingerprint density at radius 1 is 1.24 bits per heavy atom. The number of hydrogen-bond acceptors (Lipinski definition) is 12. The van der Waals surface area contributed by atoms with E-state index in [-0.39, 0.29) is 19.3 Å². The van der Waals surface area contributed by atoms with E-state index in [4.69, 9.17) is 14.0 Å². The fourth-order valence-electron chi connectivity index (χ4n) is 4.74. The highest BCUT2D eigenvalue weighted by Crippen LogP contribution is 2.55. The lowest BCUT2D eigenvalue weighted by molar-refractivity contribution is -0.105. The number of hydrogen-bond donors (Lipinski definition) is 6. The maximum absolute atomic E-state index is 12.5. The SMILES string of the molecule is CCOP(=O)(O)C(C)(CO)OC[C@H]1O[C@@H](n2ncc3c(NC4CCCC4)nc(CCCO)nc32)[C@H](O)[C@@H]1O. The Kier molecular flexibility index (Phi) is 9.38. The fraction of sp³-hybridized carbons (Fsp3) is 0.783. The summed E-state index contributed by atoms with van der Waals surface area (Å²) in [6.45, 7) is 1.46. The van der Waals surface area contributed by atoms with Crippen molar-refractivity contribution < 1.29 is 43.9 Å². The van der Waals surface area contributed by atoms with Crippen LogP contribution in [0.25, 0.3) is 11.0 Å². The molecule has 6 N–H and O–H groups in total. The molecule has 15 heteroatoms. The number of rotatable bonds is 13. The molecule has 0 amide bonds. The summed E-state index contributed by atoms with van der Waals surface area (Å²) in [7, 11) is -4.37. The molecule has 38 heavy (non-hydrogen) atoms. The van der Waals surface area contributed by atoms with Crippen LogP contribution < -0.4 is 5.32 Å². The average Bonchev–Trinajstić information content (AvgIpc) is 3.62. The van der Waals surface area contributed by atoms with E-state index in [9.17, 15) is 29.9 Å². The third-order valence-electron chi connectivity index (χ3n) is 7.09. The Labute approximate surface area is 220 Å². The van der Waals surface area contributed by atoms with E-state index in [1.807, 2.05) is 0 Å². The molecule has 2 fully saturated rings. The zero-order chi connectivity index (χ0) is 27.5. The Balaban J connectivity index is 1.58. The quantitative estimate of drug-likeness (QED) is 0.187. The summed E-state index contributed by atoms with van der Waals surface area (Å²) in [4.78, 5) is 19.5. The lowest BCUT2D eigenvalue weighted by Gasteiger charge is -2.32. The van der Waals surface area contributed by atoms with Gasteiger partial charge >= 0.3 is 7.60 Å². The predicted molar refractivity (Wildman–Crippen MR) is 135 cm³/mol. The number of nitrogens with zero attached hydrogens (tertiary/aromatic N) is 4. The molecule has 1 saturated heterocycles. The highest BCUT2D eigenvalue weighted by molar-refractivity contribution is 7.54. The van der Waals surface area contributed by atoms with Crippen LogP contribution in [-0.4, -0.2) is 101 Å². The van der Waals surface area contributed by atoms with Gasteiger partial charge in [-0.15, -0.1) is 0 Å². The minimum atomic E-state index is -4.37. The largest absolute Gasteiger partial charge is 0.396 e. The highest BCUT2D eigenvalue weighted by atomic mass is 31.2. The second-order valence-electron chi connectivity index (χ2n) is 9.90. The summed E-state index contributed by atoms with van der Waals surface area (Å²) in [6.07, 6.45) is 1.74. The van der Waals surface area contributed by atoms with Crippen molar-refractivity contribution in [2.24, 2.45) is 0 Å². The lowest BCUT2D eigenvalue weighted by Crippen LogP contribution is -2.40. The Morgan fingerprint density at radius 3 is 2.63 bits per heavy atom. The van der Waals surface area contributed by atoms with Crippen molar-refractivity contribution in [2.45, 2.75) is 88.3 Å². The summed E-state index contributed by atoms with van der Waals surface area (Å²) in [5.41, 5.74) is 0.391. The van der Waals surface area contributed by atoms with Crippen LogP contribution in [0, 0.1) is 0 Å².